The number of carbonyl (C=O) groups excluding carboxylic acids is 1. The van der Waals surface area contributed by atoms with Gasteiger partial charge in [0.25, 0.3) is 5.91 Å². The van der Waals surface area contributed by atoms with E-state index in [2.05, 4.69) is 15.4 Å². The average Bonchev–Trinajstić information content (AvgIpc) is 2.47. The zero-order valence-electron chi connectivity index (χ0n) is 10.6. The van der Waals surface area contributed by atoms with Crippen LogP contribution in [-0.4, -0.2) is 27.8 Å². The van der Waals surface area contributed by atoms with Crippen molar-refractivity contribution in [2.45, 2.75) is 6.54 Å². The quantitative estimate of drug-likeness (QED) is 0.631. The van der Waals surface area contributed by atoms with E-state index in [4.69, 9.17) is 5.84 Å². The van der Waals surface area contributed by atoms with Gasteiger partial charge in [-0.1, -0.05) is 0 Å². The van der Waals surface area contributed by atoms with Crippen LogP contribution in [0.2, 0.25) is 0 Å². The lowest BCUT2D eigenvalue weighted by atomic mass is 10.2. The van der Waals surface area contributed by atoms with Gasteiger partial charge >= 0.3 is 0 Å². The van der Waals surface area contributed by atoms with Gasteiger partial charge in [-0.2, -0.15) is 0 Å². The molecule has 0 aromatic carbocycles. The van der Waals surface area contributed by atoms with Gasteiger partial charge in [-0.3, -0.25) is 9.78 Å². The highest BCUT2D eigenvalue weighted by Crippen LogP contribution is 2.09. The molecule has 98 valence electrons. The molecule has 0 bridgehead atoms. The predicted molar refractivity (Wildman–Crippen MR) is 72.1 cm³/mol. The minimum atomic E-state index is -0.0899. The number of hydrazine groups is 1. The van der Waals surface area contributed by atoms with Crippen molar-refractivity contribution in [3.05, 3.63) is 54.0 Å². The molecule has 0 saturated carbocycles. The highest BCUT2D eigenvalue weighted by atomic mass is 16.2. The van der Waals surface area contributed by atoms with Crippen LogP contribution in [0.25, 0.3) is 0 Å². The topological polar surface area (TPSA) is 84.1 Å². The second-order valence-electron chi connectivity index (χ2n) is 4.09. The summed E-state index contributed by atoms with van der Waals surface area (Å²) in [5.41, 5.74) is 3.97. The normalized spacial score (nSPS) is 10.0. The molecule has 0 radical (unpaired) electrons. The van der Waals surface area contributed by atoms with Crippen LogP contribution in [0.1, 0.15) is 15.9 Å². The first kappa shape index (κ1) is 13.0. The Morgan fingerprint density at radius 1 is 1.32 bits per heavy atom. The highest BCUT2D eigenvalue weighted by Gasteiger charge is 2.12. The molecule has 2 aromatic heterocycles. The maximum atomic E-state index is 12.2. The van der Waals surface area contributed by atoms with E-state index in [1.54, 1.807) is 36.5 Å². The zero-order valence-corrected chi connectivity index (χ0v) is 10.6. The monoisotopic (exact) mass is 257 g/mol. The van der Waals surface area contributed by atoms with Crippen molar-refractivity contribution in [2.24, 2.45) is 5.84 Å². The fourth-order valence-electron chi connectivity index (χ4n) is 1.66. The number of hydrogen-bond donors (Lipinski definition) is 2. The first-order valence-electron chi connectivity index (χ1n) is 5.77. The van der Waals surface area contributed by atoms with E-state index in [0.29, 0.717) is 17.9 Å². The number of nitrogens with zero attached hydrogens (tertiary/aromatic N) is 3. The van der Waals surface area contributed by atoms with Crippen LogP contribution < -0.4 is 11.3 Å². The van der Waals surface area contributed by atoms with E-state index >= 15 is 0 Å². The molecule has 19 heavy (non-hydrogen) atoms. The molecule has 0 spiro atoms. The number of pyridine rings is 2. The smallest absolute Gasteiger partial charge is 0.255 e. The van der Waals surface area contributed by atoms with E-state index < -0.39 is 0 Å². The van der Waals surface area contributed by atoms with E-state index in [0.717, 1.165) is 5.56 Å². The standard InChI is InChI=1S/C13H15N5O/c1-18(9-10-4-6-15-7-5-10)13(19)11-2-3-12(17-14)16-8-11/h2-8H,9,14H2,1H3,(H,16,17). The number of aromatic nitrogens is 2. The van der Waals surface area contributed by atoms with Gasteiger partial charge in [-0.05, 0) is 29.8 Å². The molecule has 3 N–H and O–H groups in total. The summed E-state index contributed by atoms with van der Waals surface area (Å²) in [6, 6.07) is 7.11. The van der Waals surface area contributed by atoms with Gasteiger partial charge in [0.2, 0.25) is 0 Å². The van der Waals surface area contributed by atoms with Crippen LogP contribution in [-0.2, 0) is 6.54 Å². The first-order chi connectivity index (χ1) is 9.20. The van der Waals surface area contributed by atoms with Crippen LogP contribution in [0.15, 0.2) is 42.9 Å². The number of nitrogen functional groups attached to an aromatic ring is 1. The third-order valence-electron chi connectivity index (χ3n) is 2.67. The van der Waals surface area contributed by atoms with Gasteiger partial charge in [0, 0.05) is 32.2 Å². The van der Waals surface area contributed by atoms with Crippen LogP contribution >= 0.6 is 0 Å². The molecular weight excluding hydrogens is 242 g/mol. The first-order valence-corrected chi connectivity index (χ1v) is 5.77. The van der Waals surface area contributed by atoms with E-state index in [1.165, 1.54) is 6.20 Å². The summed E-state index contributed by atoms with van der Waals surface area (Å²) < 4.78 is 0. The summed E-state index contributed by atoms with van der Waals surface area (Å²) in [6.45, 7) is 0.526. The van der Waals surface area contributed by atoms with Crippen LogP contribution in [0.4, 0.5) is 5.82 Å². The van der Waals surface area contributed by atoms with Gasteiger partial charge in [0.1, 0.15) is 5.82 Å². The molecular formula is C13H15N5O. The SMILES string of the molecule is CN(Cc1ccncc1)C(=O)c1ccc(NN)nc1. The zero-order chi connectivity index (χ0) is 13.7. The van der Waals surface area contributed by atoms with Crippen molar-refractivity contribution in [1.82, 2.24) is 14.9 Å². The number of rotatable bonds is 4. The summed E-state index contributed by atoms with van der Waals surface area (Å²) in [6.07, 6.45) is 4.91. The Morgan fingerprint density at radius 3 is 2.63 bits per heavy atom. The van der Waals surface area contributed by atoms with E-state index in [1.807, 2.05) is 12.1 Å². The average molecular weight is 257 g/mol. The van der Waals surface area contributed by atoms with Crippen LogP contribution in [0.3, 0.4) is 0 Å². The molecule has 2 heterocycles. The lowest BCUT2D eigenvalue weighted by Crippen LogP contribution is -2.26. The third kappa shape index (κ3) is 3.26. The number of anilines is 1. The fourth-order valence-corrected chi connectivity index (χ4v) is 1.66. The Labute approximate surface area is 111 Å². The number of nitrogens with one attached hydrogen (secondary N) is 1. The van der Waals surface area contributed by atoms with Crippen molar-refractivity contribution >= 4 is 11.7 Å². The van der Waals surface area contributed by atoms with Gasteiger partial charge in [-0.25, -0.2) is 10.8 Å². The van der Waals surface area contributed by atoms with Gasteiger partial charge in [-0.15, -0.1) is 0 Å². The van der Waals surface area contributed by atoms with Gasteiger partial charge in [0.05, 0.1) is 5.56 Å². The van der Waals surface area contributed by atoms with Crippen LogP contribution in [0.5, 0.6) is 0 Å². The van der Waals surface area contributed by atoms with Gasteiger partial charge in [0.15, 0.2) is 0 Å². The molecule has 0 aliphatic carbocycles. The predicted octanol–water partition coefficient (Wildman–Crippen LogP) is 1.03. The lowest BCUT2D eigenvalue weighted by Gasteiger charge is -2.17. The van der Waals surface area contributed by atoms with E-state index in [-0.39, 0.29) is 5.91 Å². The molecule has 0 aliphatic rings. The molecule has 2 aromatic rings. The Bertz CT molecular complexity index is 541. The van der Waals surface area contributed by atoms with Crippen molar-refractivity contribution in [3.8, 4) is 0 Å². The molecule has 6 heteroatoms. The second kappa shape index (κ2) is 5.92. The largest absolute Gasteiger partial charge is 0.337 e. The van der Waals surface area contributed by atoms with Crippen molar-refractivity contribution in [1.29, 1.82) is 0 Å². The Balaban J connectivity index is 2.06. The molecule has 0 unspecified atom stereocenters. The van der Waals surface area contributed by atoms with Crippen molar-refractivity contribution in [2.75, 3.05) is 12.5 Å². The maximum Gasteiger partial charge on any atom is 0.255 e. The highest BCUT2D eigenvalue weighted by molar-refractivity contribution is 5.93. The summed E-state index contributed by atoms with van der Waals surface area (Å²) in [4.78, 5) is 21.8. The number of nitrogens with two attached hydrogens (primary N) is 1. The molecule has 0 atom stereocenters. The molecule has 1 amide bonds. The summed E-state index contributed by atoms with van der Waals surface area (Å²) >= 11 is 0. The molecule has 0 fully saturated rings. The third-order valence-corrected chi connectivity index (χ3v) is 2.67. The molecule has 6 nitrogen and oxygen atoms in total. The second-order valence-corrected chi connectivity index (χ2v) is 4.09. The fraction of sp³-hybridized carbons (Fsp3) is 0.154. The van der Waals surface area contributed by atoms with Gasteiger partial charge < -0.3 is 10.3 Å². The Kier molecular flexibility index (Phi) is 4.04. The van der Waals surface area contributed by atoms with Crippen molar-refractivity contribution < 1.29 is 4.79 Å². The Morgan fingerprint density at radius 2 is 2.05 bits per heavy atom. The summed E-state index contributed by atoms with van der Waals surface area (Å²) in [5, 5.41) is 0. The maximum absolute atomic E-state index is 12.2. The van der Waals surface area contributed by atoms with E-state index in [9.17, 15) is 4.79 Å². The minimum Gasteiger partial charge on any atom is -0.337 e. The molecule has 0 aliphatic heterocycles. The van der Waals surface area contributed by atoms with Crippen molar-refractivity contribution in [3.63, 3.8) is 0 Å². The molecule has 2 rings (SSSR count). The molecule has 0 saturated heterocycles. The number of hydrogen-bond acceptors (Lipinski definition) is 5. The van der Waals surface area contributed by atoms with Crippen LogP contribution in [0, 0.1) is 0 Å². The summed E-state index contributed by atoms with van der Waals surface area (Å²) in [7, 11) is 1.75. The number of amides is 1. The lowest BCUT2D eigenvalue weighted by molar-refractivity contribution is 0.0784. The minimum absolute atomic E-state index is 0.0899. The number of carbonyl (C=O) groups is 1. The Hall–Kier alpha value is -2.47. The summed E-state index contributed by atoms with van der Waals surface area (Å²) in [5.74, 6) is 5.66.